The molecular weight excluding hydrogens is 438 g/mol. The number of hydrogen-bond donors (Lipinski definition) is 1. The number of aliphatic hydroxyl groups is 1. The van der Waals surface area contributed by atoms with Crippen molar-refractivity contribution in [2.75, 3.05) is 32.8 Å². The normalized spacial score (nSPS) is 27.5. The third kappa shape index (κ3) is 4.49. The van der Waals surface area contributed by atoms with Crippen molar-refractivity contribution in [3.8, 4) is 5.75 Å². The summed E-state index contributed by atoms with van der Waals surface area (Å²) >= 11 is 0. The lowest BCUT2D eigenvalue weighted by Crippen LogP contribution is -2.45. The predicted octanol–water partition coefficient (Wildman–Crippen LogP) is 4.35. The minimum Gasteiger partial charge on any atom is -0.493 e. The zero-order valence-corrected chi connectivity index (χ0v) is 20.5. The molecule has 2 unspecified atom stereocenters. The van der Waals surface area contributed by atoms with Crippen LogP contribution in [0.1, 0.15) is 48.8 Å². The van der Waals surface area contributed by atoms with Gasteiger partial charge in [0.2, 0.25) is 0 Å². The summed E-state index contributed by atoms with van der Waals surface area (Å²) in [7, 11) is 0. The average molecular weight is 476 g/mol. The second-order valence-electron chi connectivity index (χ2n) is 11.1. The third-order valence-electron chi connectivity index (χ3n) is 9.05. The minimum atomic E-state index is -1.53. The van der Waals surface area contributed by atoms with Crippen LogP contribution in [0.2, 0.25) is 0 Å². The summed E-state index contributed by atoms with van der Waals surface area (Å²) in [6, 6.07) is 16.1. The first-order chi connectivity index (χ1) is 17.1. The maximum absolute atomic E-state index is 13.3. The van der Waals surface area contributed by atoms with Gasteiger partial charge in [-0.2, -0.15) is 0 Å². The number of esters is 1. The van der Waals surface area contributed by atoms with Crippen LogP contribution in [0.25, 0.3) is 0 Å². The van der Waals surface area contributed by atoms with E-state index in [0.29, 0.717) is 29.9 Å². The van der Waals surface area contributed by atoms with Gasteiger partial charge in [-0.1, -0.05) is 61.7 Å². The fraction of sp³-hybridized carbons (Fsp3) is 0.567. The molecule has 3 fully saturated rings. The molecule has 6 rings (SSSR count). The summed E-state index contributed by atoms with van der Waals surface area (Å²) in [6.45, 7) is 4.51. The van der Waals surface area contributed by atoms with E-state index in [-0.39, 0.29) is 5.92 Å². The van der Waals surface area contributed by atoms with Crippen molar-refractivity contribution in [1.82, 2.24) is 4.90 Å². The number of carbonyl (C=O) groups is 1. The molecule has 4 atom stereocenters. The highest BCUT2D eigenvalue weighted by molar-refractivity contribution is 5.81. The third-order valence-corrected chi connectivity index (χ3v) is 9.05. The lowest BCUT2D eigenvalue weighted by Gasteiger charge is -2.36. The van der Waals surface area contributed by atoms with Crippen LogP contribution in [-0.2, 0) is 28.0 Å². The van der Waals surface area contributed by atoms with Crippen molar-refractivity contribution in [2.45, 2.75) is 50.5 Å². The molecule has 35 heavy (non-hydrogen) atoms. The molecule has 1 N–H and O–H groups in total. The number of rotatable bonds is 8. The first-order valence-corrected chi connectivity index (χ1v) is 13.5. The highest BCUT2D eigenvalue weighted by Crippen LogP contribution is 2.52. The SMILES string of the molecule is O=C(OCC1[C@H]2CN(CCc3ccc4c(c3)CCO4)C[C@@H]12)C(O)(c1ccccc1)C1CCCCC1. The number of ether oxygens (including phenoxy) is 2. The molecule has 2 aliphatic heterocycles. The van der Waals surface area contributed by atoms with Gasteiger partial charge in [0.15, 0.2) is 5.60 Å². The molecule has 2 aliphatic carbocycles. The van der Waals surface area contributed by atoms with Crippen LogP contribution in [0.4, 0.5) is 0 Å². The van der Waals surface area contributed by atoms with Crippen molar-refractivity contribution < 1.29 is 19.4 Å². The molecule has 1 saturated heterocycles. The van der Waals surface area contributed by atoms with Crippen molar-refractivity contribution in [3.63, 3.8) is 0 Å². The molecule has 0 aromatic heterocycles. The number of carbonyl (C=O) groups excluding carboxylic acids is 1. The second-order valence-corrected chi connectivity index (χ2v) is 11.1. The maximum Gasteiger partial charge on any atom is 0.343 e. The summed E-state index contributed by atoms with van der Waals surface area (Å²) in [4.78, 5) is 15.9. The Bertz CT molecular complexity index is 1040. The van der Waals surface area contributed by atoms with Gasteiger partial charge in [-0.3, -0.25) is 0 Å². The van der Waals surface area contributed by atoms with Crippen LogP contribution in [0.15, 0.2) is 48.5 Å². The Kier molecular flexibility index (Phi) is 6.32. The summed E-state index contributed by atoms with van der Waals surface area (Å²) < 4.78 is 11.5. The summed E-state index contributed by atoms with van der Waals surface area (Å²) in [6.07, 6.45) is 7.15. The van der Waals surface area contributed by atoms with E-state index in [9.17, 15) is 9.90 Å². The van der Waals surface area contributed by atoms with Crippen molar-refractivity contribution in [1.29, 1.82) is 0 Å². The van der Waals surface area contributed by atoms with E-state index in [1.54, 1.807) is 0 Å². The van der Waals surface area contributed by atoms with Gasteiger partial charge < -0.3 is 19.5 Å². The fourth-order valence-corrected chi connectivity index (χ4v) is 6.86. The zero-order valence-electron chi connectivity index (χ0n) is 20.5. The number of hydrogen-bond acceptors (Lipinski definition) is 5. The van der Waals surface area contributed by atoms with Gasteiger partial charge in [-0.25, -0.2) is 4.79 Å². The Hall–Kier alpha value is -2.37. The Morgan fingerprint density at radius 2 is 1.83 bits per heavy atom. The van der Waals surface area contributed by atoms with Gasteiger partial charge >= 0.3 is 5.97 Å². The first-order valence-electron chi connectivity index (χ1n) is 13.5. The maximum atomic E-state index is 13.3. The molecule has 0 spiro atoms. The highest BCUT2D eigenvalue weighted by Gasteiger charge is 2.56. The molecule has 4 aliphatic rings. The van der Waals surface area contributed by atoms with E-state index < -0.39 is 11.6 Å². The standard InChI is InChI=1S/C30H37NO4/c32-29(30(33,23-7-3-1-4-8-23)24-9-5-2-6-10-24)35-20-27-25-18-31(19-26(25)27)15-13-21-11-12-28-22(17-21)14-16-34-28/h1,3-4,7-8,11-12,17,24-27,33H,2,5-6,9-10,13-16,18-20H2/t25-,26+,27?,30?. The molecule has 5 nitrogen and oxygen atoms in total. The Balaban J connectivity index is 1.01. The summed E-state index contributed by atoms with van der Waals surface area (Å²) in [5.74, 6) is 2.23. The van der Waals surface area contributed by atoms with Crippen LogP contribution < -0.4 is 4.74 Å². The van der Waals surface area contributed by atoms with E-state index in [4.69, 9.17) is 9.47 Å². The Morgan fingerprint density at radius 3 is 2.60 bits per heavy atom. The number of likely N-dealkylation sites (tertiary alicyclic amines) is 1. The van der Waals surface area contributed by atoms with Crippen LogP contribution in [0.5, 0.6) is 5.75 Å². The molecular formula is C30H37NO4. The summed E-state index contributed by atoms with van der Waals surface area (Å²) in [5, 5.41) is 11.7. The molecule has 2 heterocycles. The van der Waals surface area contributed by atoms with E-state index >= 15 is 0 Å². The predicted molar refractivity (Wildman–Crippen MR) is 134 cm³/mol. The van der Waals surface area contributed by atoms with Crippen molar-refractivity contribution in [2.24, 2.45) is 23.7 Å². The highest BCUT2D eigenvalue weighted by atomic mass is 16.6. The Labute approximate surface area is 208 Å². The van der Waals surface area contributed by atoms with Gasteiger partial charge in [0, 0.05) is 37.9 Å². The van der Waals surface area contributed by atoms with Gasteiger partial charge in [-0.15, -0.1) is 0 Å². The molecule has 2 aromatic carbocycles. The number of nitrogens with zero attached hydrogens (tertiary/aromatic N) is 1. The zero-order chi connectivity index (χ0) is 23.8. The molecule has 5 heteroatoms. The molecule has 2 aromatic rings. The van der Waals surface area contributed by atoms with Gasteiger partial charge in [-0.05, 0) is 53.9 Å². The largest absolute Gasteiger partial charge is 0.493 e. The van der Waals surface area contributed by atoms with Crippen LogP contribution in [-0.4, -0.2) is 48.8 Å². The number of piperidine rings is 1. The monoisotopic (exact) mass is 475 g/mol. The minimum absolute atomic E-state index is 0.0638. The smallest absolute Gasteiger partial charge is 0.343 e. The lowest BCUT2D eigenvalue weighted by atomic mass is 9.73. The van der Waals surface area contributed by atoms with Crippen molar-refractivity contribution in [3.05, 3.63) is 65.2 Å². The Morgan fingerprint density at radius 1 is 1.06 bits per heavy atom. The first kappa shape index (κ1) is 23.1. The van der Waals surface area contributed by atoms with E-state index in [0.717, 1.165) is 70.5 Å². The van der Waals surface area contributed by atoms with E-state index in [2.05, 4.69) is 23.1 Å². The van der Waals surface area contributed by atoms with Crippen LogP contribution in [0.3, 0.4) is 0 Å². The molecule has 0 radical (unpaired) electrons. The quantitative estimate of drug-likeness (QED) is 0.575. The van der Waals surface area contributed by atoms with Gasteiger partial charge in [0.05, 0.1) is 13.2 Å². The summed E-state index contributed by atoms with van der Waals surface area (Å²) in [5.41, 5.74) is 1.89. The molecule has 0 amide bonds. The molecule has 186 valence electrons. The fourth-order valence-electron chi connectivity index (χ4n) is 6.86. The molecule has 2 saturated carbocycles. The second kappa shape index (κ2) is 9.59. The topological polar surface area (TPSA) is 59.0 Å². The van der Waals surface area contributed by atoms with Crippen molar-refractivity contribution >= 4 is 5.97 Å². The number of fused-ring (bicyclic) bond motifs is 2. The van der Waals surface area contributed by atoms with Gasteiger partial charge in [0.25, 0.3) is 0 Å². The molecule has 0 bridgehead atoms. The van der Waals surface area contributed by atoms with Crippen LogP contribution in [0, 0.1) is 23.7 Å². The van der Waals surface area contributed by atoms with E-state index in [1.807, 2.05) is 30.3 Å². The van der Waals surface area contributed by atoms with E-state index in [1.165, 1.54) is 17.5 Å². The average Bonchev–Trinajstić information content (AvgIpc) is 3.22. The van der Waals surface area contributed by atoms with Gasteiger partial charge in [0.1, 0.15) is 5.75 Å². The number of benzene rings is 2. The lowest BCUT2D eigenvalue weighted by molar-refractivity contribution is -0.176. The van der Waals surface area contributed by atoms with Crippen LogP contribution >= 0.6 is 0 Å².